The van der Waals surface area contributed by atoms with Crippen LogP contribution < -0.4 is 4.72 Å². The average molecular weight is 411 g/mol. The van der Waals surface area contributed by atoms with E-state index in [4.69, 9.17) is 11.6 Å². The molecule has 1 saturated heterocycles. The molecule has 1 aliphatic heterocycles. The number of hydrogen-bond acceptors (Lipinski definition) is 3. The molecular weight excluding hydrogens is 387 g/mol. The van der Waals surface area contributed by atoms with E-state index in [9.17, 15) is 12.8 Å². The first-order valence-corrected chi connectivity index (χ1v) is 11.1. The molecule has 4 nitrogen and oxygen atoms in total. The van der Waals surface area contributed by atoms with Gasteiger partial charge < -0.3 is 0 Å². The highest BCUT2D eigenvalue weighted by atomic mass is 35.5. The fourth-order valence-corrected chi connectivity index (χ4v) is 5.07. The molecule has 1 aliphatic rings. The molecule has 1 unspecified atom stereocenters. The van der Waals surface area contributed by atoms with Crippen LogP contribution in [0, 0.1) is 12.7 Å². The van der Waals surface area contributed by atoms with E-state index in [1.807, 2.05) is 25.1 Å². The number of rotatable bonds is 7. The van der Waals surface area contributed by atoms with Gasteiger partial charge >= 0.3 is 0 Å². The van der Waals surface area contributed by atoms with E-state index in [1.54, 1.807) is 18.2 Å². The van der Waals surface area contributed by atoms with Crippen LogP contribution in [0.15, 0.2) is 42.5 Å². The first kappa shape index (κ1) is 20.3. The normalized spacial score (nSPS) is 16.6. The van der Waals surface area contributed by atoms with Gasteiger partial charge in [-0.1, -0.05) is 41.9 Å². The summed E-state index contributed by atoms with van der Waals surface area (Å²) in [5, 5.41) is 0.324. The van der Waals surface area contributed by atoms with Gasteiger partial charge in [-0.05, 0) is 56.1 Å². The van der Waals surface area contributed by atoms with E-state index in [-0.39, 0.29) is 12.3 Å². The summed E-state index contributed by atoms with van der Waals surface area (Å²) >= 11 is 6.26. The molecule has 2 aromatic rings. The third-order valence-corrected chi connectivity index (χ3v) is 6.64. The Morgan fingerprint density at radius 3 is 2.52 bits per heavy atom. The second-order valence-corrected chi connectivity index (χ2v) is 9.14. The van der Waals surface area contributed by atoms with Crippen molar-refractivity contribution in [3.05, 3.63) is 70.0 Å². The maximum atomic E-state index is 14.5. The predicted octanol–water partition coefficient (Wildman–Crippen LogP) is 4.04. The molecule has 0 aromatic heterocycles. The van der Waals surface area contributed by atoms with Gasteiger partial charge in [0.1, 0.15) is 5.82 Å². The SMILES string of the molecule is Cc1ccccc1CS(=O)(=O)NCC(c1c(F)cccc1Cl)N1CCCC1. The van der Waals surface area contributed by atoms with Crippen LogP contribution in [0.25, 0.3) is 0 Å². The third-order valence-electron chi connectivity index (χ3n) is 5.02. The Hall–Kier alpha value is -1.47. The molecular formula is C20H24ClFN2O2S. The number of hydrogen-bond donors (Lipinski definition) is 1. The van der Waals surface area contributed by atoms with Crippen LogP contribution in [-0.2, 0) is 15.8 Å². The smallest absolute Gasteiger partial charge is 0.215 e. The molecule has 2 aromatic carbocycles. The number of sulfonamides is 1. The largest absolute Gasteiger partial charge is 0.295 e. The molecule has 3 rings (SSSR count). The van der Waals surface area contributed by atoms with Crippen molar-refractivity contribution in [2.75, 3.05) is 19.6 Å². The zero-order valence-electron chi connectivity index (χ0n) is 15.3. The average Bonchev–Trinajstić information content (AvgIpc) is 3.13. The van der Waals surface area contributed by atoms with Gasteiger partial charge in [0.15, 0.2) is 0 Å². The number of likely N-dealkylation sites (tertiary alicyclic amines) is 1. The summed E-state index contributed by atoms with van der Waals surface area (Å²) in [4.78, 5) is 2.10. The Morgan fingerprint density at radius 1 is 1.15 bits per heavy atom. The van der Waals surface area contributed by atoms with Gasteiger partial charge in [0.25, 0.3) is 0 Å². The molecule has 1 fully saturated rings. The van der Waals surface area contributed by atoms with Crippen molar-refractivity contribution in [1.29, 1.82) is 0 Å². The quantitative estimate of drug-likeness (QED) is 0.749. The summed E-state index contributed by atoms with van der Waals surface area (Å²) < 4.78 is 42.4. The molecule has 1 heterocycles. The number of benzene rings is 2. The van der Waals surface area contributed by atoms with Crippen LogP contribution in [0.1, 0.15) is 35.6 Å². The van der Waals surface area contributed by atoms with Crippen LogP contribution in [0.3, 0.4) is 0 Å². The molecule has 7 heteroatoms. The lowest BCUT2D eigenvalue weighted by atomic mass is 10.0. The fourth-order valence-electron chi connectivity index (χ4n) is 3.53. The van der Waals surface area contributed by atoms with Gasteiger partial charge in [0.05, 0.1) is 11.8 Å². The molecule has 0 amide bonds. The number of halogens is 2. The van der Waals surface area contributed by atoms with Crippen LogP contribution in [0.5, 0.6) is 0 Å². The highest BCUT2D eigenvalue weighted by molar-refractivity contribution is 7.88. The van der Waals surface area contributed by atoms with Gasteiger partial charge in [0.2, 0.25) is 10.0 Å². The van der Waals surface area contributed by atoms with E-state index in [0.29, 0.717) is 10.6 Å². The standard InChI is InChI=1S/C20H24ClFN2O2S/c1-15-7-2-3-8-16(15)14-27(25,26)23-13-19(24-11-4-5-12-24)20-17(21)9-6-10-18(20)22/h2-3,6-10,19,23H,4-5,11-14H2,1H3. The molecule has 1 atom stereocenters. The lowest BCUT2D eigenvalue weighted by molar-refractivity contribution is 0.241. The molecule has 0 spiro atoms. The zero-order chi connectivity index (χ0) is 19.4. The van der Waals surface area contributed by atoms with E-state index in [0.717, 1.165) is 37.1 Å². The highest BCUT2D eigenvalue weighted by Gasteiger charge is 2.29. The summed E-state index contributed by atoms with van der Waals surface area (Å²) in [6, 6.07) is 11.5. The maximum Gasteiger partial charge on any atom is 0.215 e. The minimum atomic E-state index is -3.56. The second kappa shape index (κ2) is 8.69. The van der Waals surface area contributed by atoms with Gasteiger partial charge in [-0.15, -0.1) is 0 Å². The van der Waals surface area contributed by atoms with Crippen LogP contribution in [-0.4, -0.2) is 33.0 Å². The van der Waals surface area contributed by atoms with Crippen molar-refractivity contribution in [2.45, 2.75) is 31.6 Å². The fraction of sp³-hybridized carbons (Fsp3) is 0.400. The minimum absolute atomic E-state index is 0.0921. The second-order valence-electron chi connectivity index (χ2n) is 6.93. The minimum Gasteiger partial charge on any atom is -0.295 e. The van der Waals surface area contributed by atoms with Gasteiger partial charge in [-0.3, -0.25) is 4.90 Å². The number of nitrogens with one attached hydrogen (secondary N) is 1. The summed E-state index contributed by atoms with van der Waals surface area (Å²) in [6.07, 6.45) is 2.02. The van der Waals surface area contributed by atoms with E-state index in [2.05, 4.69) is 9.62 Å². The Labute approximate surface area is 165 Å². The zero-order valence-corrected chi connectivity index (χ0v) is 16.9. The Balaban J connectivity index is 1.79. The first-order valence-electron chi connectivity index (χ1n) is 9.07. The predicted molar refractivity (Wildman–Crippen MR) is 107 cm³/mol. The van der Waals surface area contributed by atoms with E-state index >= 15 is 0 Å². The van der Waals surface area contributed by atoms with Crippen molar-refractivity contribution >= 4 is 21.6 Å². The first-order chi connectivity index (χ1) is 12.9. The van der Waals surface area contributed by atoms with E-state index < -0.39 is 21.9 Å². The van der Waals surface area contributed by atoms with Gasteiger partial charge in [-0.25, -0.2) is 17.5 Å². The molecule has 0 radical (unpaired) electrons. The topological polar surface area (TPSA) is 49.4 Å². The van der Waals surface area contributed by atoms with Gasteiger partial charge in [0, 0.05) is 17.1 Å². The third kappa shape index (κ3) is 5.08. The van der Waals surface area contributed by atoms with Crippen molar-refractivity contribution in [3.8, 4) is 0 Å². The molecule has 0 aliphatic carbocycles. The van der Waals surface area contributed by atoms with Crippen molar-refractivity contribution in [1.82, 2.24) is 9.62 Å². The van der Waals surface area contributed by atoms with Crippen molar-refractivity contribution in [3.63, 3.8) is 0 Å². The van der Waals surface area contributed by atoms with Gasteiger partial charge in [-0.2, -0.15) is 0 Å². The molecule has 1 N–H and O–H groups in total. The highest BCUT2D eigenvalue weighted by Crippen LogP contribution is 2.32. The Bertz CT molecular complexity index is 878. The summed E-state index contributed by atoms with van der Waals surface area (Å²) in [5.41, 5.74) is 2.04. The van der Waals surface area contributed by atoms with Crippen molar-refractivity contribution < 1.29 is 12.8 Å². The monoisotopic (exact) mass is 410 g/mol. The number of aryl methyl sites for hydroxylation is 1. The van der Waals surface area contributed by atoms with Crippen LogP contribution in [0.4, 0.5) is 4.39 Å². The molecule has 27 heavy (non-hydrogen) atoms. The number of nitrogens with zero attached hydrogens (tertiary/aromatic N) is 1. The van der Waals surface area contributed by atoms with Crippen LogP contribution >= 0.6 is 11.6 Å². The molecule has 146 valence electrons. The summed E-state index contributed by atoms with van der Waals surface area (Å²) in [7, 11) is -3.56. The maximum absolute atomic E-state index is 14.5. The summed E-state index contributed by atoms with van der Waals surface area (Å²) in [5.74, 6) is -0.505. The Morgan fingerprint density at radius 2 is 1.85 bits per heavy atom. The van der Waals surface area contributed by atoms with E-state index in [1.165, 1.54) is 6.07 Å². The summed E-state index contributed by atoms with van der Waals surface area (Å²) in [6.45, 7) is 3.58. The molecule has 0 bridgehead atoms. The van der Waals surface area contributed by atoms with Crippen molar-refractivity contribution in [2.24, 2.45) is 0 Å². The Kier molecular flexibility index (Phi) is 6.52. The van der Waals surface area contributed by atoms with Crippen LogP contribution in [0.2, 0.25) is 5.02 Å². The lowest BCUT2D eigenvalue weighted by Crippen LogP contribution is -2.37. The lowest BCUT2D eigenvalue weighted by Gasteiger charge is -2.29. The molecule has 0 saturated carbocycles.